The summed E-state index contributed by atoms with van der Waals surface area (Å²) in [5.41, 5.74) is -0.671. The largest absolute Gasteiger partial charge is 0.389 e. The van der Waals surface area contributed by atoms with Crippen molar-refractivity contribution in [1.82, 2.24) is 14.7 Å². The Morgan fingerprint density at radius 2 is 1.86 bits per heavy atom. The Hall–Kier alpha value is -0.650. The molecule has 1 amide bonds. The first-order chi connectivity index (χ1) is 10.2. The van der Waals surface area contributed by atoms with Crippen LogP contribution in [0.1, 0.15) is 40.5 Å². The fraction of sp³-hybridized carbons (Fsp3) is 0.941. The van der Waals surface area contributed by atoms with Gasteiger partial charge in [0.25, 0.3) is 0 Å². The van der Waals surface area contributed by atoms with E-state index in [-0.39, 0.29) is 12.0 Å². The molecule has 128 valence electrons. The Balaban J connectivity index is 1.90. The summed E-state index contributed by atoms with van der Waals surface area (Å²) in [5.74, 6) is 0.532. The van der Waals surface area contributed by atoms with Crippen LogP contribution in [-0.4, -0.2) is 83.2 Å². The maximum Gasteiger partial charge on any atom is 0.226 e. The van der Waals surface area contributed by atoms with Crippen LogP contribution in [0.3, 0.4) is 0 Å². The lowest BCUT2D eigenvalue weighted by atomic mass is 9.90. The molecule has 5 heteroatoms. The van der Waals surface area contributed by atoms with E-state index in [1.54, 1.807) is 0 Å². The van der Waals surface area contributed by atoms with Crippen LogP contribution in [0.4, 0.5) is 0 Å². The molecule has 2 fully saturated rings. The van der Waals surface area contributed by atoms with Crippen LogP contribution >= 0.6 is 0 Å². The molecule has 5 nitrogen and oxygen atoms in total. The Morgan fingerprint density at radius 1 is 1.18 bits per heavy atom. The van der Waals surface area contributed by atoms with Crippen LogP contribution in [-0.2, 0) is 4.79 Å². The van der Waals surface area contributed by atoms with Gasteiger partial charge < -0.3 is 14.9 Å². The third-order valence-corrected chi connectivity index (χ3v) is 5.16. The Labute approximate surface area is 135 Å². The van der Waals surface area contributed by atoms with Crippen molar-refractivity contribution < 1.29 is 9.90 Å². The first kappa shape index (κ1) is 17.7. The number of likely N-dealkylation sites (tertiary alicyclic amines) is 1. The van der Waals surface area contributed by atoms with Crippen molar-refractivity contribution in [3.05, 3.63) is 0 Å². The van der Waals surface area contributed by atoms with Gasteiger partial charge in [0.1, 0.15) is 0 Å². The van der Waals surface area contributed by atoms with Gasteiger partial charge in [0.2, 0.25) is 5.91 Å². The van der Waals surface area contributed by atoms with E-state index in [0.29, 0.717) is 18.5 Å². The average Bonchev–Trinajstić information content (AvgIpc) is 2.39. The number of carbonyl (C=O) groups is 1. The first-order valence-electron chi connectivity index (χ1n) is 8.63. The second-order valence-corrected chi connectivity index (χ2v) is 7.98. The van der Waals surface area contributed by atoms with Crippen molar-refractivity contribution in [2.75, 3.05) is 39.8 Å². The topological polar surface area (TPSA) is 47.0 Å². The summed E-state index contributed by atoms with van der Waals surface area (Å²) in [5, 5.41) is 9.96. The molecule has 1 unspecified atom stereocenters. The lowest BCUT2D eigenvalue weighted by molar-refractivity contribution is -0.142. The summed E-state index contributed by atoms with van der Waals surface area (Å²) in [6.07, 6.45) is 1.96. The van der Waals surface area contributed by atoms with E-state index in [4.69, 9.17) is 0 Å². The van der Waals surface area contributed by atoms with Gasteiger partial charge in [-0.05, 0) is 54.1 Å². The van der Waals surface area contributed by atoms with Gasteiger partial charge in [0.15, 0.2) is 0 Å². The smallest absolute Gasteiger partial charge is 0.226 e. The quantitative estimate of drug-likeness (QED) is 0.845. The van der Waals surface area contributed by atoms with Crippen LogP contribution in [0.2, 0.25) is 0 Å². The molecule has 0 aromatic carbocycles. The van der Waals surface area contributed by atoms with Gasteiger partial charge in [-0.1, -0.05) is 0 Å². The van der Waals surface area contributed by atoms with Gasteiger partial charge in [0, 0.05) is 44.2 Å². The molecule has 2 aliphatic heterocycles. The normalized spacial score (nSPS) is 32.3. The Morgan fingerprint density at radius 3 is 2.41 bits per heavy atom. The second kappa shape index (κ2) is 6.85. The van der Waals surface area contributed by atoms with Crippen molar-refractivity contribution >= 4 is 5.91 Å². The highest BCUT2D eigenvalue weighted by molar-refractivity contribution is 5.79. The predicted molar refractivity (Wildman–Crippen MR) is 88.7 cm³/mol. The van der Waals surface area contributed by atoms with E-state index in [0.717, 1.165) is 39.0 Å². The van der Waals surface area contributed by atoms with E-state index in [2.05, 4.69) is 35.6 Å². The number of nitrogens with zero attached hydrogens (tertiary/aromatic N) is 3. The molecule has 2 saturated heterocycles. The van der Waals surface area contributed by atoms with E-state index < -0.39 is 5.60 Å². The molecule has 2 aliphatic rings. The van der Waals surface area contributed by atoms with Crippen LogP contribution in [0, 0.1) is 5.92 Å². The molecule has 0 radical (unpaired) electrons. The number of hydrogen-bond donors (Lipinski definition) is 1. The Kier molecular flexibility index (Phi) is 5.51. The zero-order chi connectivity index (χ0) is 16.5. The van der Waals surface area contributed by atoms with E-state index in [9.17, 15) is 9.90 Å². The highest BCUT2D eigenvalue weighted by Crippen LogP contribution is 2.25. The third kappa shape index (κ3) is 4.43. The molecule has 2 heterocycles. The zero-order valence-corrected chi connectivity index (χ0v) is 14.9. The zero-order valence-electron chi connectivity index (χ0n) is 14.9. The number of amides is 1. The number of hydrogen-bond acceptors (Lipinski definition) is 4. The number of β-amino-alcohol motifs (C(OH)–C–C–N with tert-alkyl or cyclic N) is 1. The van der Waals surface area contributed by atoms with Gasteiger partial charge in [-0.15, -0.1) is 0 Å². The standard InChI is InChI=1S/C17H33N3O2/c1-13-10-15(6-7-18(13)5)16(21)20-9-8-19(11-14(20)2)12-17(3,4)22/h13-15,22H,6-12H2,1-5H3/t13-,14?,15-/m0/s1. The van der Waals surface area contributed by atoms with Crippen molar-refractivity contribution in [3.8, 4) is 0 Å². The number of carbonyl (C=O) groups excluding carboxylic acids is 1. The van der Waals surface area contributed by atoms with Gasteiger partial charge in [-0.3, -0.25) is 9.69 Å². The van der Waals surface area contributed by atoms with Crippen molar-refractivity contribution in [2.45, 2.75) is 58.2 Å². The highest BCUT2D eigenvalue weighted by Gasteiger charge is 2.35. The molecule has 0 spiro atoms. The first-order valence-corrected chi connectivity index (χ1v) is 8.63. The molecule has 3 atom stereocenters. The molecule has 22 heavy (non-hydrogen) atoms. The van der Waals surface area contributed by atoms with E-state index >= 15 is 0 Å². The van der Waals surface area contributed by atoms with Gasteiger partial charge in [-0.25, -0.2) is 0 Å². The second-order valence-electron chi connectivity index (χ2n) is 7.98. The molecular formula is C17H33N3O2. The lowest BCUT2D eigenvalue weighted by Crippen LogP contribution is -2.58. The van der Waals surface area contributed by atoms with Crippen LogP contribution in [0.5, 0.6) is 0 Å². The number of piperazine rings is 1. The molecule has 1 N–H and O–H groups in total. The van der Waals surface area contributed by atoms with Crippen molar-refractivity contribution in [2.24, 2.45) is 5.92 Å². The maximum atomic E-state index is 12.8. The molecule has 0 bridgehead atoms. The fourth-order valence-electron chi connectivity index (χ4n) is 3.80. The van der Waals surface area contributed by atoms with E-state index in [1.165, 1.54) is 0 Å². The molecule has 0 aromatic heterocycles. The maximum absolute atomic E-state index is 12.8. The molecular weight excluding hydrogens is 278 g/mol. The third-order valence-electron chi connectivity index (χ3n) is 5.16. The summed E-state index contributed by atoms with van der Waals surface area (Å²) >= 11 is 0. The van der Waals surface area contributed by atoms with Gasteiger partial charge >= 0.3 is 0 Å². The minimum absolute atomic E-state index is 0.189. The molecule has 0 aliphatic carbocycles. The van der Waals surface area contributed by atoms with E-state index in [1.807, 2.05) is 13.8 Å². The van der Waals surface area contributed by atoms with Crippen LogP contribution in [0.25, 0.3) is 0 Å². The summed E-state index contributed by atoms with van der Waals surface area (Å²) in [6, 6.07) is 0.730. The summed E-state index contributed by atoms with van der Waals surface area (Å²) < 4.78 is 0. The number of rotatable bonds is 3. The average molecular weight is 311 g/mol. The van der Waals surface area contributed by atoms with Crippen molar-refractivity contribution in [1.29, 1.82) is 0 Å². The summed E-state index contributed by atoms with van der Waals surface area (Å²) in [6.45, 7) is 12.2. The molecule has 0 saturated carbocycles. The number of aliphatic hydroxyl groups is 1. The molecule has 2 rings (SSSR count). The fourth-order valence-corrected chi connectivity index (χ4v) is 3.80. The molecule has 0 aromatic rings. The minimum Gasteiger partial charge on any atom is -0.389 e. The summed E-state index contributed by atoms with van der Waals surface area (Å²) in [4.78, 5) is 19.5. The predicted octanol–water partition coefficient (Wildman–Crippen LogP) is 1.02. The van der Waals surface area contributed by atoms with Crippen molar-refractivity contribution in [3.63, 3.8) is 0 Å². The van der Waals surface area contributed by atoms with Gasteiger partial charge in [-0.2, -0.15) is 0 Å². The SMILES string of the molecule is CC1CN(CC(C)(C)O)CCN1C(=O)[C@H]1CCN(C)[C@@H](C)C1. The minimum atomic E-state index is -0.671. The highest BCUT2D eigenvalue weighted by atomic mass is 16.3. The summed E-state index contributed by atoms with van der Waals surface area (Å²) in [7, 11) is 2.14. The number of piperidine rings is 1. The monoisotopic (exact) mass is 311 g/mol. The van der Waals surface area contributed by atoms with Crippen LogP contribution < -0.4 is 0 Å². The van der Waals surface area contributed by atoms with Gasteiger partial charge in [0.05, 0.1) is 5.60 Å². The lowest BCUT2D eigenvalue weighted by Gasteiger charge is -2.44. The van der Waals surface area contributed by atoms with Crippen LogP contribution in [0.15, 0.2) is 0 Å². The Bertz CT molecular complexity index is 394.